The molecule has 2 atom stereocenters. The van der Waals surface area contributed by atoms with Crippen LogP contribution in [0, 0.1) is 0 Å². The number of anilines is 1. The number of aromatic nitrogens is 3. The normalized spacial score (nSPS) is 22.7. The average molecular weight is 366 g/mol. The Morgan fingerprint density at radius 2 is 2.00 bits per heavy atom. The van der Waals surface area contributed by atoms with Crippen molar-refractivity contribution in [2.24, 2.45) is 0 Å². The molecule has 0 spiro atoms. The third-order valence-electron chi connectivity index (χ3n) is 5.34. The number of rotatable bonds is 5. The topological polar surface area (TPSA) is 51.5 Å². The number of pyridine rings is 2. The highest BCUT2D eigenvalue weighted by atomic mass is 19.1. The van der Waals surface area contributed by atoms with Gasteiger partial charge in [-0.15, -0.1) is 0 Å². The largest absolute Gasteiger partial charge is 0.490 e. The molecule has 2 aliphatic carbocycles. The van der Waals surface area contributed by atoms with Crippen LogP contribution < -0.4 is 10.1 Å². The molecule has 27 heavy (non-hydrogen) atoms. The fourth-order valence-electron chi connectivity index (χ4n) is 3.70. The Hall–Kier alpha value is -2.63. The Balaban J connectivity index is 1.40. The maximum Gasteiger partial charge on any atom is 0.140 e. The zero-order valence-corrected chi connectivity index (χ0v) is 15.1. The second kappa shape index (κ2) is 6.83. The minimum Gasteiger partial charge on any atom is -0.490 e. The molecule has 0 saturated heterocycles. The van der Waals surface area contributed by atoms with Crippen LogP contribution >= 0.6 is 0 Å². The number of hydrogen-bond donors (Lipinski definition) is 1. The first kappa shape index (κ1) is 16.5. The molecule has 140 valence electrons. The summed E-state index contributed by atoms with van der Waals surface area (Å²) in [5.74, 6) is 1.57. The summed E-state index contributed by atoms with van der Waals surface area (Å²) >= 11 is 0. The molecular formula is C21H23FN4O. The van der Waals surface area contributed by atoms with Crippen LogP contribution in [0.3, 0.4) is 0 Å². The van der Waals surface area contributed by atoms with E-state index in [1.807, 2.05) is 47.1 Å². The summed E-state index contributed by atoms with van der Waals surface area (Å²) in [6.45, 7) is 0. The molecule has 3 heterocycles. The van der Waals surface area contributed by atoms with Gasteiger partial charge in [-0.05, 0) is 43.9 Å². The Labute approximate surface area is 157 Å². The number of nitrogens with one attached hydrogen (secondary N) is 1. The van der Waals surface area contributed by atoms with Crippen molar-refractivity contribution >= 4 is 11.5 Å². The quantitative estimate of drug-likeness (QED) is 0.715. The minimum absolute atomic E-state index is 0.147. The van der Waals surface area contributed by atoms with Gasteiger partial charge in [0.25, 0.3) is 0 Å². The minimum atomic E-state index is -0.801. The van der Waals surface area contributed by atoms with Crippen molar-refractivity contribution in [3.05, 3.63) is 42.7 Å². The molecule has 5 nitrogen and oxygen atoms in total. The Morgan fingerprint density at radius 1 is 1.11 bits per heavy atom. The molecule has 0 amide bonds. The van der Waals surface area contributed by atoms with Gasteiger partial charge in [-0.25, -0.2) is 14.4 Å². The summed E-state index contributed by atoms with van der Waals surface area (Å²) in [5.41, 5.74) is 2.56. The fourth-order valence-corrected chi connectivity index (χ4v) is 3.70. The molecule has 3 aromatic heterocycles. The van der Waals surface area contributed by atoms with E-state index >= 15 is 0 Å². The van der Waals surface area contributed by atoms with Crippen molar-refractivity contribution < 1.29 is 9.13 Å². The lowest BCUT2D eigenvalue weighted by Gasteiger charge is -2.27. The number of hydrogen-bond acceptors (Lipinski definition) is 4. The lowest BCUT2D eigenvalue weighted by Crippen LogP contribution is -2.33. The molecular weight excluding hydrogens is 343 g/mol. The first-order valence-electron chi connectivity index (χ1n) is 9.78. The highest BCUT2D eigenvalue weighted by Gasteiger charge is 2.25. The second-order valence-corrected chi connectivity index (χ2v) is 7.51. The molecule has 0 bridgehead atoms. The number of alkyl halides is 1. The third kappa shape index (κ3) is 3.48. The Bertz CT molecular complexity index is 952. The van der Waals surface area contributed by atoms with Gasteiger partial charge >= 0.3 is 0 Å². The van der Waals surface area contributed by atoms with Crippen molar-refractivity contribution in [1.82, 2.24) is 14.4 Å². The van der Waals surface area contributed by atoms with E-state index in [2.05, 4.69) is 10.3 Å². The van der Waals surface area contributed by atoms with E-state index < -0.39 is 6.17 Å². The number of nitrogens with zero attached hydrogens (tertiary/aromatic N) is 3. The van der Waals surface area contributed by atoms with Crippen molar-refractivity contribution in [2.45, 2.75) is 56.8 Å². The highest BCUT2D eigenvalue weighted by Crippen LogP contribution is 2.29. The Kier molecular flexibility index (Phi) is 4.19. The van der Waals surface area contributed by atoms with Gasteiger partial charge in [-0.3, -0.25) is 4.40 Å². The summed E-state index contributed by atoms with van der Waals surface area (Å²) in [6, 6.07) is 9.58. The van der Waals surface area contributed by atoms with Crippen LogP contribution in [0.1, 0.15) is 38.5 Å². The highest BCUT2D eigenvalue weighted by molar-refractivity contribution is 5.63. The molecule has 0 aliphatic heterocycles. The van der Waals surface area contributed by atoms with Crippen LogP contribution in [0.25, 0.3) is 17.0 Å². The van der Waals surface area contributed by atoms with E-state index in [1.54, 1.807) is 0 Å². The predicted octanol–water partition coefficient (Wildman–Crippen LogP) is 4.63. The molecule has 0 radical (unpaired) electrons. The van der Waals surface area contributed by atoms with Gasteiger partial charge in [0.15, 0.2) is 0 Å². The first-order chi connectivity index (χ1) is 13.3. The number of fused-ring (bicyclic) bond motifs is 1. The van der Waals surface area contributed by atoms with E-state index in [-0.39, 0.29) is 6.04 Å². The lowest BCUT2D eigenvalue weighted by atomic mass is 9.94. The summed E-state index contributed by atoms with van der Waals surface area (Å²) in [5, 5.41) is 3.28. The van der Waals surface area contributed by atoms with Crippen LogP contribution in [-0.4, -0.2) is 32.7 Å². The number of ether oxygens (including phenoxy) is 1. The van der Waals surface area contributed by atoms with E-state index in [9.17, 15) is 4.39 Å². The monoisotopic (exact) mass is 366 g/mol. The van der Waals surface area contributed by atoms with E-state index in [1.165, 1.54) is 0 Å². The molecule has 2 saturated carbocycles. The molecule has 2 fully saturated rings. The van der Waals surface area contributed by atoms with Crippen molar-refractivity contribution in [3.63, 3.8) is 0 Å². The van der Waals surface area contributed by atoms with Gasteiger partial charge < -0.3 is 10.1 Å². The molecule has 0 unspecified atom stereocenters. The maximum absolute atomic E-state index is 14.1. The first-order valence-corrected chi connectivity index (χ1v) is 9.78. The molecule has 6 heteroatoms. The lowest BCUT2D eigenvalue weighted by molar-refractivity contribution is 0.229. The summed E-state index contributed by atoms with van der Waals surface area (Å²) in [4.78, 5) is 9.21. The molecule has 1 N–H and O–H groups in total. The van der Waals surface area contributed by atoms with Crippen molar-refractivity contribution in [2.75, 3.05) is 5.32 Å². The molecule has 5 rings (SSSR count). The smallest absolute Gasteiger partial charge is 0.140 e. The standard InChI is InChI=1S/C21H23FN4O/c22-16-4-1-2-5-17(16)24-20-7-3-6-18(25-20)19-13-23-21-12-15(10-11-26(19)21)27-14-8-9-14/h3,6-7,10-14,16-17H,1-2,4-5,8-9H2,(H,24,25)/t16-,17-/m0/s1. The van der Waals surface area contributed by atoms with Crippen LogP contribution in [0.5, 0.6) is 5.75 Å². The number of halogens is 1. The van der Waals surface area contributed by atoms with Gasteiger partial charge in [0.2, 0.25) is 0 Å². The van der Waals surface area contributed by atoms with E-state index in [4.69, 9.17) is 9.72 Å². The van der Waals surface area contributed by atoms with Crippen molar-refractivity contribution in [1.29, 1.82) is 0 Å². The zero-order chi connectivity index (χ0) is 18.2. The van der Waals surface area contributed by atoms with Gasteiger partial charge in [-0.2, -0.15) is 0 Å². The van der Waals surface area contributed by atoms with E-state index in [0.717, 1.165) is 54.9 Å². The molecule has 3 aromatic rings. The van der Waals surface area contributed by atoms with Crippen LogP contribution in [0.2, 0.25) is 0 Å². The summed E-state index contributed by atoms with van der Waals surface area (Å²) in [6.07, 6.45) is 9.15. The summed E-state index contributed by atoms with van der Waals surface area (Å²) in [7, 11) is 0. The SMILES string of the molecule is F[C@H]1CCCC[C@@H]1Nc1cccc(-c2cnc3cc(OC4CC4)ccn23)n1. The number of imidazole rings is 1. The molecule has 2 aliphatic rings. The van der Waals surface area contributed by atoms with Gasteiger partial charge in [0, 0.05) is 12.3 Å². The average Bonchev–Trinajstić information content (AvgIpc) is 3.39. The maximum atomic E-state index is 14.1. The third-order valence-corrected chi connectivity index (χ3v) is 5.34. The van der Waals surface area contributed by atoms with Crippen LogP contribution in [0.15, 0.2) is 42.7 Å². The Morgan fingerprint density at radius 3 is 2.85 bits per heavy atom. The van der Waals surface area contributed by atoms with Gasteiger partial charge in [-0.1, -0.05) is 18.9 Å². The van der Waals surface area contributed by atoms with Crippen LogP contribution in [-0.2, 0) is 0 Å². The predicted molar refractivity (Wildman–Crippen MR) is 103 cm³/mol. The zero-order valence-electron chi connectivity index (χ0n) is 15.1. The molecule has 0 aromatic carbocycles. The van der Waals surface area contributed by atoms with Crippen LogP contribution in [0.4, 0.5) is 10.2 Å². The second-order valence-electron chi connectivity index (χ2n) is 7.51. The van der Waals surface area contributed by atoms with Gasteiger partial charge in [0.05, 0.1) is 29.7 Å². The van der Waals surface area contributed by atoms with Gasteiger partial charge in [0.1, 0.15) is 23.4 Å². The van der Waals surface area contributed by atoms with E-state index in [0.29, 0.717) is 18.3 Å². The van der Waals surface area contributed by atoms with Crippen molar-refractivity contribution in [3.8, 4) is 17.1 Å². The fraction of sp³-hybridized carbons (Fsp3) is 0.429. The summed E-state index contributed by atoms with van der Waals surface area (Å²) < 4.78 is 22.0.